The quantitative estimate of drug-likeness (QED) is 0.634. The summed E-state index contributed by atoms with van der Waals surface area (Å²) < 4.78 is 0. The molecular formula is C14H21NO. The molecule has 1 heterocycles. The highest BCUT2D eigenvalue weighted by Gasteiger charge is 2.47. The highest BCUT2D eigenvalue weighted by atomic mass is 16.1. The smallest absolute Gasteiger partial charge is 0.137 e. The number of piperidine rings is 1. The predicted octanol–water partition coefficient (Wildman–Crippen LogP) is 2.44. The van der Waals surface area contributed by atoms with Gasteiger partial charge in [0.1, 0.15) is 5.78 Å². The molecule has 2 nitrogen and oxygen atoms in total. The molecule has 1 fully saturated rings. The summed E-state index contributed by atoms with van der Waals surface area (Å²) in [6.45, 7) is 5.87. The maximum atomic E-state index is 11.7. The summed E-state index contributed by atoms with van der Waals surface area (Å²) >= 11 is 0. The van der Waals surface area contributed by atoms with Gasteiger partial charge in [-0.2, -0.15) is 0 Å². The third kappa shape index (κ3) is 1.32. The van der Waals surface area contributed by atoms with Crippen molar-refractivity contribution in [3.8, 4) is 0 Å². The summed E-state index contributed by atoms with van der Waals surface area (Å²) in [4.78, 5) is 11.7. The Bertz CT molecular complexity index is 371. The largest absolute Gasteiger partial charge is 0.313 e. The van der Waals surface area contributed by atoms with E-state index in [1.807, 2.05) is 0 Å². The molecule has 16 heavy (non-hydrogen) atoms. The van der Waals surface area contributed by atoms with Gasteiger partial charge in [-0.15, -0.1) is 0 Å². The average molecular weight is 219 g/mol. The molecule has 3 atom stereocenters. The fourth-order valence-electron chi connectivity index (χ4n) is 3.99. The van der Waals surface area contributed by atoms with E-state index >= 15 is 0 Å². The molecule has 0 saturated carbocycles. The third-order valence-electron chi connectivity index (χ3n) is 5.32. The van der Waals surface area contributed by atoms with Crippen LogP contribution in [0.25, 0.3) is 0 Å². The number of fused-ring (bicyclic) bond motifs is 3. The molecular weight excluding hydrogens is 198 g/mol. The number of allylic oxidation sites excluding steroid dienone is 1. The van der Waals surface area contributed by atoms with E-state index < -0.39 is 0 Å². The summed E-state index contributed by atoms with van der Waals surface area (Å²) in [7, 11) is 0. The summed E-state index contributed by atoms with van der Waals surface area (Å²) in [6.07, 6.45) is 4.98. The van der Waals surface area contributed by atoms with E-state index in [4.69, 9.17) is 0 Å². The van der Waals surface area contributed by atoms with Crippen LogP contribution in [-0.2, 0) is 4.79 Å². The molecule has 1 aliphatic heterocycles. The van der Waals surface area contributed by atoms with Gasteiger partial charge in [0.2, 0.25) is 0 Å². The van der Waals surface area contributed by atoms with Crippen LogP contribution in [0.4, 0.5) is 0 Å². The molecule has 0 spiro atoms. The maximum absolute atomic E-state index is 11.7. The number of ketones is 1. The van der Waals surface area contributed by atoms with E-state index in [0.717, 1.165) is 25.8 Å². The minimum absolute atomic E-state index is 0.305. The fraction of sp³-hybridized carbons (Fsp3) is 0.786. The van der Waals surface area contributed by atoms with Crippen LogP contribution in [0.2, 0.25) is 0 Å². The number of Topliss-reactive ketones (excluding diaryl/α,β-unsaturated/α-hetero) is 1. The van der Waals surface area contributed by atoms with Crippen molar-refractivity contribution in [3.05, 3.63) is 11.1 Å². The highest BCUT2D eigenvalue weighted by Crippen LogP contribution is 2.52. The number of rotatable bonds is 0. The summed E-state index contributed by atoms with van der Waals surface area (Å²) in [6, 6.07) is 0.658. The lowest BCUT2D eigenvalue weighted by molar-refractivity contribution is -0.119. The van der Waals surface area contributed by atoms with Crippen molar-refractivity contribution in [1.82, 2.24) is 5.32 Å². The monoisotopic (exact) mass is 219 g/mol. The predicted molar refractivity (Wildman–Crippen MR) is 64.2 cm³/mol. The van der Waals surface area contributed by atoms with Gasteiger partial charge in [-0.25, -0.2) is 0 Å². The van der Waals surface area contributed by atoms with E-state index in [0.29, 0.717) is 23.2 Å². The van der Waals surface area contributed by atoms with E-state index in [-0.39, 0.29) is 0 Å². The van der Waals surface area contributed by atoms with Crippen LogP contribution in [-0.4, -0.2) is 18.4 Å². The Balaban J connectivity index is 2.05. The van der Waals surface area contributed by atoms with E-state index in [9.17, 15) is 4.79 Å². The van der Waals surface area contributed by atoms with E-state index in [1.165, 1.54) is 18.4 Å². The number of hydrogen-bond acceptors (Lipinski definition) is 2. The zero-order chi connectivity index (χ0) is 11.3. The van der Waals surface area contributed by atoms with Crippen LogP contribution < -0.4 is 5.32 Å². The van der Waals surface area contributed by atoms with Gasteiger partial charge >= 0.3 is 0 Å². The molecule has 0 aromatic heterocycles. The van der Waals surface area contributed by atoms with Gasteiger partial charge < -0.3 is 5.32 Å². The lowest BCUT2D eigenvalue weighted by Gasteiger charge is -2.52. The van der Waals surface area contributed by atoms with Crippen molar-refractivity contribution in [2.45, 2.75) is 52.0 Å². The molecule has 2 heteroatoms. The Morgan fingerprint density at radius 1 is 1.38 bits per heavy atom. The van der Waals surface area contributed by atoms with Gasteiger partial charge in [0.15, 0.2) is 0 Å². The second-order valence-corrected chi connectivity index (χ2v) is 6.02. The summed E-state index contributed by atoms with van der Waals surface area (Å²) in [5.41, 5.74) is 3.44. The average Bonchev–Trinajstić information content (AvgIpc) is 2.25. The van der Waals surface area contributed by atoms with Crippen LogP contribution >= 0.6 is 0 Å². The number of carbonyl (C=O) groups excluding carboxylic acids is 1. The molecule has 0 aromatic rings. The third-order valence-corrected chi connectivity index (χ3v) is 5.32. The van der Waals surface area contributed by atoms with Gasteiger partial charge in [0.25, 0.3) is 0 Å². The molecule has 88 valence electrons. The number of hydrogen-bond donors (Lipinski definition) is 1. The summed E-state index contributed by atoms with van der Waals surface area (Å²) in [5, 5.41) is 3.65. The first-order valence-corrected chi connectivity index (χ1v) is 6.58. The van der Waals surface area contributed by atoms with E-state index in [2.05, 4.69) is 19.2 Å². The molecule has 3 rings (SSSR count). The zero-order valence-corrected chi connectivity index (χ0v) is 10.3. The molecule has 0 aromatic carbocycles. The topological polar surface area (TPSA) is 29.1 Å². The molecule has 1 saturated heterocycles. The normalized spacial score (nSPS) is 43.2. The second kappa shape index (κ2) is 3.43. The Hall–Kier alpha value is -0.630. The van der Waals surface area contributed by atoms with Crippen molar-refractivity contribution >= 4 is 5.78 Å². The van der Waals surface area contributed by atoms with Gasteiger partial charge in [0.05, 0.1) is 0 Å². The first-order chi connectivity index (χ1) is 7.61. The second-order valence-electron chi connectivity index (χ2n) is 6.02. The van der Waals surface area contributed by atoms with Crippen molar-refractivity contribution in [3.63, 3.8) is 0 Å². The van der Waals surface area contributed by atoms with Gasteiger partial charge in [-0.05, 0) is 37.1 Å². The van der Waals surface area contributed by atoms with Crippen LogP contribution in [0.1, 0.15) is 46.0 Å². The minimum Gasteiger partial charge on any atom is -0.313 e. The molecule has 0 amide bonds. The molecule has 1 unspecified atom stereocenters. The van der Waals surface area contributed by atoms with Crippen LogP contribution in [0.3, 0.4) is 0 Å². The van der Waals surface area contributed by atoms with Crippen molar-refractivity contribution in [2.24, 2.45) is 11.3 Å². The summed E-state index contributed by atoms with van der Waals surface area (Å²) in [5.74, 6) is 1.15. The fourth-order valence-corrected chi connectivity index (χ4v) is 3.99. The van der Waals surface area contributed by atoms with Gasteiger partial charge in [-0.1, -0.05) is 25.0 Å². The van der Waals surface area contributed by atoms with Crippen LogP contribution in [0.5, 0.6) is 0 Å². The van der Waals surface area contributed by atoms with Crippen molar-refractivity contribution in [1.29, 1.82) is 0 Å². The van der Waals surface area contributed by atoms with E-state index in [1.54, 1.807) is 5.57 Å². The Morgan fingerprint density at radius 3 is 3.00 bits per heavy atom. The van der Waals surface area contributed by atoms with Gasteiger partial charge in [-0.3, -0.25) is 4.79 Å². The zero-order valence-electron chi connectivity index (χ0n) is 10.3. The molecule has 0 radical (unpaired) electrons. The van der Waals surface area contributed by atoms with Crippen molar-refractivity contribution < 1.29 is 4.79 Å². The van der Waals surface area contributed by atoms with Gasteiger partial charge in [0, 0.05) is 18.9 Å². The Morgan fingerprint density at radius 2 is 2.19 bits per heavy atom. The number of carbonyl (C=O) groups is 1. The molecule has 2 bridgehead atoms. The van der Waals surface area contributed by atoms with Crippen LogP contribution in [0.15, 0.2) is 11.1 Å². The standard InChI is InChI=1S/C14H21NO/c1-9-13-7-10-3-4-11(16)8-12(10)14(9,2)5-6-15-13/h9,13,15H,3-8H2,1-2H3/t9?,13-,14-/m1/s1. The minimum atomic E-state index is 0.305. The highest BCUT2D eigenvalue weighted by molar-refractivity contribution is 5.83. The Labute approximate surface area is 97.5 Å². The lowest BCUT2D eigenvalue weighted by atomic mass is 9.57. The van der Waals surface area contributed by atoms with Crippen molar-refractivity contribution in [2.75, 3.05) is 6.54 Å². The Kier molecular flexibility index (Phi) is 2.25. The SMILES string of the molecule is CC1[C@H]2CC3=C(CC(=O)CC3)[C@]1(C)CCN2. The first-order valence-electron chi connectivity index (χ1n) is 6.58. The molecule has 1 N–H and O–H groups in total. The molecule has 2 aliphatic carbocycles. The molecule has 3 aliphatic rings. The number of nitrogens with one attached hydrogen (secondary N) is 1. The maximum Gasteiger partial charge on any atom is 0.137 e. The van der Waals surface area contributed by atoms with Crippen LogP contribution in [0, 0.1) is 11.3 Å². The lowest BCUT2D eigenvalue weighted by Crippen LogP contribution is -2.54. The first kappa shape index (κ1) is 10.5.